The lowest BCUT2D eigenvalue weighted by molar-refractivity contribution is 0.435. The van der Waals surface area contributed by atoms with Crippen molar-refractivity contribution in [2.45, 2.75) is 39.0 Å². The first kappa shape index (κ1) is 15.7. The zero-order valence-corrected chi connectivity index (χ0v) is 13.8. The van der Waals surface area contributed by atoms with Crippen molar-refractivity contribution >= 4 is 26.7 Å². The summed E-state index contributed by atoms with van der Waals surface area (Å²) >= 11 is 1.42. The number of hydrogen-bond donors (Lipinski definition) is 1. The number of piperidine rings is 1. The second-order valence-electron chi connectivity index (χ2n) is 6.41. The van der Waals surface area contributed by atoms with Crippen LogP contribution in [0.5, 0.6) is 0 Å². The Labute approximate surface area is 124 Å². The summed E-state index contributed by atoms with van der Waals surface area (Å²) in [5.74, 6) is 1.12. The summed E-state index contributed by atoms with van der Waals surface area (Å²) in [7, 11) is -3.36. The van der Waals surface area contributed by atoms with E-state index in [9.17, 15) is 8.42 Å². The minimum absolute atomic E-state index is 0.0410. The van der Waals surface area contributed by atoms with Crippen molar-refractivity contribution in [3.63, 3.8) is 0 Å². The molecule has 0 atom stereocenters. The summed E-state index contributed by atoms with van der Waals surface area (Å²) in [5, 5.41) is 6.04. The topological polar surface area (TPSA) is 89.2 Å². The van der Waals surface area contributed by atoms with Gasteiger partial charge in [-0.05, 0) is 18.8 Å². The van der Waals surface area contributed by atoms with E-state index in [4.69, 9.17) is 5.14 Å². The Balaban J connectivity index is 1.96. The molecule has 0 unspecified atom stereocenters. The minimum Gasteiger partial charge on any atom is -0.347 e. The average molecular weight is 318 g/mol. The molecule has 6 nitrogen and oxygen atoms in total. The summed E-state index contributed by atoms with van der Waals surface area (Å²) in [6.45, 7) is 7.92. The normalized spacial score (nSPS) is 18.5. The third-order valence-electron chi connectivity index (χ3n) is 3.44. The van der Waals surface area contributed by atoms with Gasteiger partial charge in [0, 0.05) is 30.0 Å². The molecular formula is C12H22N4O2S2. The lowest BCUT2D eigenvalue weighted by Gasteiger charge is -2.31. The second kappa shape index (κ2) is 5.57. The van der Waals surface area contributed by atoms with Crippen LogP contribution in [0.2, 0.25) is 0 Å². The smallest absolute Gasteiger partial charge is 0.209 e. The van der Waals surface area contributed by atoms with E-state index in [0.29, 0.717) is 0 Å². The zero-order chi connectivity index (χ0) is 15.0. The molecule has 0 bridgehead atoms. The molecule has 0 aromatic carbocycles. The van der Waals surface area contributed by atoms with Gasteiger partial charge in [0.1, 0.15) is 5.82 Å². The first-order chi connectivity index (χ1) is 9.15. The summed E-state index contributed by atoms with van der Waals surface area (Å²) in [6, 6.07) is 0. The highest BCUT2D eigenvalue weighted by molar-refractivity contribution is 7.89. The fourth-order valence-corrected chi connectivity index (χ4v) is 4.17. The largest absolute Gasteiger partial charge is 0.347 e. The monoisotopic (exact) mass is 318 g/mol. The van der Waals surface area contributed by atoms with Gasteiger partial charge in [-0.15, -0.1) is 0 Å². The van der Waals surface area contributed by atoms with Crippen LogP contribution < -0.4 is 10.0 Å². The first-order valence-electron chi connectivity index (χ1n) is 6.75. The molecule has 0 saturated carbocycles. The molecule has 2 N–H and O–H groups in total. The molecular weight excluding hydrogens is 296 g/mol. The summed E-state index contributed by atoms with van der Waals surface area (Å²) in [4.78, 5) is 6.78. The van der Waals surface area contributed by atoms with Crippen LogP contribution in [0.25, 0.3) is 0 Å². The van der Waals surface area contributed by atoms with Crippen molar-refractivity contribution in [1.29, 1.82) is 0 Å². The molecule has 1 aliphatic rings. The standard InChI is InChI=1S/C12H22N4O2S2/c1-12(2,3)10-14-11(19-15-10)16-6-4-9(5-7-16)8-20(13,17)18/h9H,4-8H2,1-3H3,(H2,13,17,18). The van der Waals surface area contributed by atoms with Crippen LogP contribution in [-0.4, -0.2) is 36.6 Å². The minimum atomic E-state index is -3.36. The van der Waals surface area contributed by atoms with Gasteiger partial charge in [-0.1, -0.05) is 20.8 Å². The van der Waals surface area contributed by atoms with Gasteiger partial charge in [-0.2, -0.15) is 4.37 Å². The molecule has 2 heterocycles. The predicted octanol–water partition coefficient (Wildman–Crippen LogP) is 1.34. The van der Waals surface area contributed by atoms with Crippen LogP contribution in [0.15, 0.2) is 0 Å². The highest BCUT2D eigenvalue weighted by Gasteiger charge is 2.26. The van der Waals surface area contributed by atoms with Crippen molar-refractivity contribution in [3.8, 4) is 0 Å². The van der Waals surface area contributed by atoms with Crippen molar-refractivity contribution in [2.24, 2.45) is 11.1 Å². The van der Waals surface area contributed by atoms with Gasteiger partial charge in [0.25, 0.3) is 0 Å². The first-order valence-corrected chi connectivity index (χ1v) is 9.23. The van der Waals surface area contributed by atoms with E-state index in [0.717, 1.165) is 36.9 Å². The molecule has 0 aliphatic carbocycles. The maximum atomic E-state index is 11.1. The van der Waals surface area contributed by atoms with Crippen molar-refractivity contribution in [3.05, 3.63) is 5.82 Å². The lowest BCUT2D eigenvalue weighted by atomic mass is 9.96. The molecule has 1 saturated heterocycles. The quantitative estimate of drug-likeness (QED) is 0.908. The van der Waals surface area contributed by atoms with Gasteiger partial charge in [-0.3, -0.25) is 0 Å². The number of hydrogen-bond acceptors (Lipinski definition) is 6. The fourth-order valence-electron chi connectivity index (χ4n) is 2.27. The Morgan fingerprint density at radius 2 is 1.95 bits per heavy atom. The second-order valence-corrected chi connectivity index (χ2v) is 8.80. The molecule has 8 heteroatoms. The van der Waals surface area contributed by atoms with E-state index >= 15 is 0 Å². The summed E-state index contributed by atoms with van der Waals surface area (Å²) < 4.78 is 26.6. The van der Waals surface area contributed by atoms with E-state index < -0.39 is 10.0 Å². The number of nitrogens with two attached hydrogens (primary N) is 1. The van der Waals surface area contributed by atoms with Crippen LogP contribution in [-0.2, 0) is 15.4 Å². The Hall–Kier alpha value is -0.730. The van der Waals surface area contributed by atoms with Gasteiger partial charge in [-0.25, -0.2) is 18.5 Å². The van der Waals surface area contributed by atoms with Crippen LogP contribution in [0.1, 0.15) is 39.4 Å². The number of anilines is 1. The van der Waals surface area contributed by atoms with Crippen LogP contribution in [0.4, 0.5) is 5.13 Å². The number of rotatable bonds is 3. The van der Waals surface area contributed by atoms with Crippen LogP contribution in [0.3, 0.4) is 0 Å². The van der Waals surface area contributed by atoms with Crippen molar-refractivity contribution in [2.75, 3.05) is 23.7 Å². The maximum absolute atomic E-state index is 11.1. The third kappa shape index (κ3) is 4.13. The number of nitrogens with zero attached hydrogens (tertiary/aromatic N) is 3. The Bertz CT molecular complexity index is 554. The SMILES string of the molecule is CC(C)(C)c1nsc(N2CCC(CS(N)(=O)=O)CC2)n1. The number of sulfonamides is 1. The molecule has 1 aromatic rings. The van der Waals surface area contributed by atoms with E-state index in [1.807, 2.05) is 0 Å². The van der Waals surface area contributed by atoms with E-state index in [-0.39, 0.29) is 17.1 Å². The summed E-state index contributed by atoms with van der Waals surface area (Å²) in [5.41, 5.74) is -0.0410. The van der Waals surface area contributed by atoms with Crippen LogP contribution >= 0.6 is 11.5 Å². The highest BCUT2D eigenvalue weighted by Crippen LogP contribution is 2.28. The van der Waals surface area contributed by atoms with Gasteiger partial charge in [0.05, 0.1) is 5.75 Å². The molecule has 1 fully saturated rings. The average Bonchev–Trinajstić information content (AvgIpc) is 2.76. The molecule has 1 aliphatic heterocycles. The lowest BCUT2D eigenvalue weighted by Crippen LogP contribution is -2.37. The van der Waals surface area contributed by atoms with Gasteiger partial charge >= 0.3 is 0 Å². The van der Waals surface area contributed by atoms with Crippen molar-refractivity contribution in [1.82, 2.24) is 9.36 Å². The zero-order valence-electron chi connectivity index (χ0n) is 12.2. The van der Waals surface area contributed by atoms with Gasteiger partial charge in [0.2, 0.25) is 15.2 Å². The Morgan fingerprint density at radius 1 is 1.35 bits per heavy atom. The van der Waals surface area contributed by atoms with Crippen LogP contribution in [0, 0.1) is 5.92 Å². The Kier molecular flexibility index (Phi) is 4.36. The highest BCUT2D eigenvalue weighted by atomic mass is 32.2. The van der Waals surface area contributed by atoms with E-state index in [1.54, 1.807) is 0 Å². The molecule has 0 amide bonds. The molecule has 114 valence electrons. The molecule has 2 rings (SSSR count). The fraction of sp³-hybridized carbons (Fsp3) is 0.833. The predicted molar refractivity (Wildman–Crippen MR) is 81.5 cm³/mol. The molecule has 20 heavy (non-hydrogen) atoms. The third-order valence-corrected chi connectivity index (χ3v) is 5.15. The molecule has 0 radical (unpaired) electrons. The summed E-state index contributed by atoms with van der Waals surface area (Å²) in [6.07, 6.45) is 1.67. The van der Waals surface area contributed by atoms with Crippen molar-refractivity contribution < 1.29 is 8.42 Å². The maximum Gasteiger partial charge on any atom is 0.209 e. The van der Waals surface area contributed by atoms with E-state index in [1.165, 1.54) is 11.5 Å². The van der Waals surface area contributed by atoms with Gasteiger partial charge < -0.3 is 4.90 Å². The number of primary sulfonamides is 1. The number of aromatic nitrogens is 2. The Morgan fingerprint density at radius 3 is 2.40 bits per heavy atom. The molecule has 1 aromatic heterocycles. The molecule has 0 spiro atoms. The van der Waals surface area contributed by atoms with E-state index in [2.05, 4.69) is 35.0 Å². The van der Waals surface area contributed by atoms with Gasteiger partial charge in [0.15, 0.2) is 0 Å².